The van der Waals surface area contributed by atoms with Gasteiger partial charge < -0.3 is 9.64 Å². The molecule has 0 radical (unpaired) electrons. The van der Waals surface area contributed by atoms with E-state index in [1.165, 1.54) is 0 Å². The van der Waals surface area contributed by atoms with E-state index in [0.29, 0.717) is 21.2 Å². The Morgan fingerprint density at radius 2 is 2.00 bits per heavy atom. The Morgan fingerprint density at radius 1 is 1.36 bits per heavy atom. The average Bonchev–Trinajstić information content (AvgIpc) is 2.21. The number of methoxy groups -OCH3 is 1. The lowest BCUT2D eigenvalue weighted by Gasteiger charge is -2.18. The van der Waals surface area contributed by atoms with Crippen LogP contribution >= 0.6 is 39.1 Å². The molecule has 0 atom stereocenters. The standard InChI is InChI=1S/C9H10BrCl2NO/c1-13(5-10)6-3-4-7(14-2)9(12)8(6)11/h3-4H,5H2,1-2H3. The van der Waals surface area contributed by atoms with E-state index in [1.807, 2.05) is 18.0 Å². The van der Waals surface area contributed by atoms with Gasteiger partial charge in [-0.25, -0.2) is 0 Å². The van der Waals surface area contributed by atoms with Crippen LogP contribution in [-0.4, -0.2) is 19.6 Å². The summed E-state index contributed by atoms with van der Waals surface area (Å²) in [5.74, 6) is 0.586. The summed E-state index contributed by atoms with van der Waals surface area (Å²) in [6.07, 6.45) is 0. The molecule has 0 unspecified atom stereocenters. The first-order chi connectivity index (χ1) is 6.61. The number of nitrogens with zero attached hydrogens (tertiary/aromatic N) is 1. The molecule has 14 heavy (non-hydrogen) atoms. The first-order valence-electron chi connectivity index (χ1n) is 3.91. The van der Waals surface area contributed by atoms with Crippen LogP contribution in [0.25, 0.3) is 0 Å². The van der Waals surface area contributed by atoms with Crippen molar-refractivity contribution in [1.82, 2.24) is 0 Å². The minimum absolute atomic E-state index is 0.444. The van der Waals surface area contributed by atoms with Crippen molar-refractivity contribution >= 4 is 44.8 Å². The molecule has 0 aliphatic rings. The van der Waals surface area contributed by atoms with E-state index < -0.39 is 0 Å². The molecule has 0 aromatic heterocycles. The van der Waals surface area contributed by atoms with Gasteiger partial charge in [0.1, 0.15) is 10.8 Å². The molecule has 0 spiro atoms. The summed E-state index contributed by atoms with van der Waals surface area (Å²) in [6.45, 7) is 0. The number of anilines is 1. The average molecular weight is 299 g/mol. The minimum Gasteiger partial charge on any atom is -0.495 e. The van der Waals surface area contributed by atoms with E-state index >= 15 is 0 Å². The first kappa shape index (κ1) is 12.0. The van der Waals surface area contributed by atoms with E-state index in [2.05, 4.69) is 15.9 Å². The zero-order valence-electron chi connectivity index (χ0n) is 7.85. The molecule has 5 heteroatoms. The number of rotatable bonds is 3. The highest BCUT2D eigenvalue weighted by molar-refractivity contribution is 9.09. The number of hydrogen-bond donors (Lipinski definition) is 0. The van der Waals surface area contributed by atoms with Crippen molar-refractivity contribution in [1.29, 1.82) is 0 Å². The highest BCUT2D eigenvalue weighted by Crippen LogP contribution is 2.38. The fraction of sp³-hybridized carbons (Fsp3) is 0.333. The van der Waals surface area contributed by atoms with E-state index in [0.717, 1.165) is 5.69 Å². The Kier molecular flexibility index (Phi) is 4.35. The van der Waals surface area contributed by atoms with Gasteiger partial charge in [0.25, 0.3) is 0 Å². The number of benzene rings is 1. The summed E-state index contributed by atoms with van der Waals surface area (Å²) < 4.78 is 5.05. The SMILES string of the molecule is COc1ccc(N(C)CBr)c(Cl)c1Cl. The quantitative estimate of drug-likeness (QED) is 0.622. The number of alkyl halides is 1. The van der Waals surface area contributed by atoms with Crippen LogP contribution in [-0.2, 0) is 0 Å². The smallest absolute Gasteiger partial charge is 0.139 e. The van der Waals surface area contributed by atoms with Gasteiger partial charge in [-0.2, -0.15) is 0 Å². The van der Waals surface area contributed by atoms with Crippen molar-refractivity contribution < 1.29 is 4.74 Å². The molecule has 0 aliphatic heterocycles. The molecular formula is C9H10BrCl2NO. The maximum atomic E-state index is 6.08. The second-order valence-electron chi connectivity index (χ2n) is 2.73. The summed E-state index contributed by atoms with van der Waals surface area (Å²) in [6, 6.07) is 3.66. The van der Waals surface area contributed by atoms with Gasteiger partial charge in [0.05, 0.1) is 23.3 Å². The molecule has 0 bridgehead atoms. The van der Waals surface area contributed by atoms with Crippen molar-refractivity contribution in [3.05, 3.63) is 22.2 Å². The number of hydrogen-bond acceptors (Lipinski definition) is 2. The summed E-state index contributed by atoms with van der Waals surface area (Å²) in [7, 11) is 3.48. The molecule has 1 aromatic rings. The monoisotopic (exact) mass is 297 g/mol. The van der Waals surface area contributed by atoms with Gasteiger partial charge in [-0.3, -0.25) is 0 Å². The summed E-state index contributed by atoms with van der Waals surface area (Å²) in [5, 5.41) is 0.951. The van der Waals surface area contributed by atoms with Crippen molar-refractivity contribution in [2.24, 2.45) is 0 Å². The number of ether oxygens (including phenoxy) is 1. The molecule has 0 fully saturated rings. The summed E-state index contributed by atoms with van der Waals surface area (Å²) >= 11 is 15.4. The molecule has 1 rings (SSSR count). The molecule has 0 amide bonds. The van der Waals surface area contributed by atoms with Gasteiger partial charge in [0, 0.05) is 7.05 Å². The predicted octanol–water partition coefficient (Wildman–Crippen LogP) is 3.79. The molecule has 0 N–H and O–H groups in total. The first-order valence-corrected chi connectivity index (χ1v) is 5.78. The maximum Gasteiger partial charge on any atom is 0.139 e. The molecular weight excluding hydrogens is 289 g/mol. The molecule has 2 nitrogen and oxygen atoms in total. The molecule has 0 aliphatic carbocycles. The Balaban J connectivity index is 3.17. The third kappa shape index (κ3) is 2.27. The Labute approximate surface area is 102 Å². The van der Waals surface area contributed by atoms with Gasteiger partial charge in [0.2, 0.25) is 0 Å². The second-order valence-corrected chi connectivity index (χ2v) is 3.99. The van der Waals surface area contributed by atoms with Crippen LogP contribution in [0.5, 0.6) is 5.75 Å². The maximum absolute atomic E-state index is 6.08. The van der Waals surface area contributed by atoms with E-state index in [-0.39, 0.29) is 0 Å². The van der Waals surface area contributed by atoms with Gasteiger partial charge >= 0.3 is 0 Å². The Morgan fingerprint density at radius 3 is 2.50 bits per heavy atom. The third-order valence-corrected chi connectivity index (χ3v) is 3.44. The van der Waals surface area contributed by atoms with E-state index in [4.69, 9.17) is 27.9 Å². The van der Waals surface area contributed by atoms with Crippen LogP contribution in [0.15, 0.2) is 12.1 Å². The van der Waals surface area contributed by atoms with E-state index in [9.17, 15) is 0 Å². The fourth-order valence-electron chi connectivity index (χ4n) is 1.04. The largest absolute Gasteiger partial charge is 0.495 e. The highest BCUT2D eigenvalue weighted by atomic mass is 79.9. The highest BCUT2D eigenvalue weighted by Gasteiger charge is 2.12. The molecule has 78 valence electrons. The fourth-order valence-corrected chi connectivity index (χ4v) is 1.85. The minimum atomic E-state index is 0.444. The zero-order chi connectivity index (χ0) is 10.7. The predicted molar refractivity (Wildman–Crippen MR) is 65.2 cm³/mol. The van der Waals surface area contributed by atoms with Crippen LogP contribution in [0, 0.1) is 0 Å². The third-order valence-electron chi connectivity index (χ3n) is 1.84. The van der Waals surface area contributed by atoms with Gasteiger partial charge in [-0.1, -0.05) is 39.1 Å². The van der Waals surface area contributed by atoms with Crippen LogP contribution in [0.4, 0.5) is 5.69 Å². The molecule has 1 aromatic carbocycles. The second kappa shape index (κ2) is 5.10. The summed E-state index contributed by atoms with van der Waals surface area (Å²) in [5.41, 5.74) is 1.56. The molecule has 0 saturated carbocycles. The molecule has 0 saturated heterocycles. The lowest BCUT2D eigenvalue weighted by molar-refractivity contribution is 0.415. The lowest BCUT2D eigenvalue weighted by atomic mass is 10.3. The normalized spacial score (nSPS) is 10.1. The van der Waals surface area contributed by atoms with Gasteiger partial charge in [0.15, 0.2) is 0 Å². The van der Waals surface area contributed by atoms with Gasteiger partial charge in [-0.05, 0) is 12.1 Å². The van der Waals surface area contributed by atoms with Crippen LogP contribution in [0.1, 0.15) is 0 Å². The van der Waals surface area contributed by atoms with Crippen molar-refractivity contribution in [3.63, 3.8) is 0 Å². The Hall–Kier alpha value is -0.120. The van der Waals surface area contributed by atoms with E-state index in [1.54, 1.807) is 13.2 Å². The lowest BCUT2D eigenvalue weighted by Crippen LogP contribution is -2.14. The molecule has 0 heterocycles. The number of halogens is 3. The Bertz CT molecular complexity index is 333. The van der Waals surface area contributed by atoms with Gasteiger partial charge in [-0.15, -0.1) is 0 Å². The van der Waals surface area contributed by atoms with Crippen molar-refractivity contribution in [3.8, 4) is 5.75 Å². The van der Waals surface area contributed by atoms with Crippen molar-refractivity contribution in [2.75, 3.05) is 24.5 Å². The van der Waals surface area contributed by atoms with Crippen LogP contribution < -0.4 is 9.64 Å². The topological polar surface area (TPSA) is 12.5 Å². The summed E-state index contributed by atoms with van der Waals surface area (Å²) in [4.78, 5) is 1.94. The van der Waals surface area contributed by atoms with Crippen LogP contribution in [0.2, 0.25) is 10.0 Å². The van der Waals surface area contributed by atoms with Crippen LogP contribution in [0.3, 0.4) is 0 Å². The zero-order valence-corrected chi connectivity index (χ0v) is 10.9. The van der Waals surface area contributed by atoms with Crippen molar-refractivity contribution in [2.45, 2.75) is 0 Å².